The van der Waals surface area contributed by atoms with E-state index in [1.54, 1.807) is 49.6 Å². The van der Waals surface area contributed by atoms with Gasteiger partial charge in [-0.3, -0.25) is 9.59 Å². The van der Waals surface area contributed by atoms with Gasteiger partial charge in [0.15, 0.2) is 0 Å². The first-order valence-electron chi connectivity index (χ1n) is 9.70. The van der Waals surface area contributed by atoms with Crippen molar-refractivity contribution in [2.45, 2.75) is 0 Å². The second kappa shape index (κ2) is 10.1. The van der Waals surface area contributed by atoms with Gasteiger partial charge in [-0.05, 0) is 30.3 Å². The molecule has 3 N–H and O–H groups in total. The van der Waals surface area contributed by atoms with E-state index in [1.807, 2.05) is 25.1 Å². The highest BCUT2D eigenvalue weighted by Crippen LogP contribution is 2.37. The van der Waals surface area contributed by atoms with Gasteiger partial charge < -0.3 is 25.6 Å². The largest absolute Gasteiger partial charge is 0.494 e. The zero-order chi connectivity index (χ0) is 23.1. The fourth-order valence-electron chi connectivity index (χ4n) is 2.88. The van der Waals surface area contributed by atoms with Crippen molar-refractivity contribution in [2.24, 2.45) is 0 Å². The second-order valence-corrected chi connectivity index (χ2v) is 6.87. The van der Waals surface area contributed by atoms with Crippen molar-refractivity contribution >= 4 is 40.6 Å². The molecule has 0 bridgehead atoms. The Kier molecular flexibility index (Phi) is 7.02. The lowest BCUT2D eigenvalue weighted by Gasteiger charge is -2.21. The molecule has 164 valence electrons. The molecule has 0 aliphatic rings. The summed E-state index contributed by atoms with van der Waals surface area (Å²) in [4.78, 5) is 34.7. The molecule has 0 unspecified atom stereocenters. The van der Waals surface area contributed by atoms with Gasteiger partial charge >= 0.3 is 0 Å². The van der Waals surface area contributed by atoms with Crippen molar-refractivity contribution in [3.63, 3.8) is 0 Å². The topological polar surface area (TPSA) is 108 Å². The highest BCUT2D eigenvalue weighted by Gasteiger charge is 2.15. The first kappa shape index (κ1) is 22.3. The van der Waals surface area contributed by atoms with Gasteiger partial charge in [-0.1, -0.05) is 24.8 Å². The Morgan fingerprint density at radius 3 is 2.47 bits per heavy atom. The van der Waals surface area contributed by atoms with E-state index in [9.17, 15) is 9.59 Å². The monoisotopic (exact) mass is 432 g/mol. The second-order valence-electron chi connectivity index (χ2n) is 6.87. The summed E-state index contributed by atoms with van der Waals surface area (Å²) in [5.41, 5.74) is 2.34. The van der Waals surface area contributed by atoms with E-state index in [2.05, 4.69) is 32.5 Å². The molecule has 1 heterocycles. The molecule has 32 heavy (non-hydrogen) atoms. The van der Waals surface area contributed by atoms with Crippen LogP contribution in [0.25, 0.3) is 0 Å². The molecule has 2 aromatic carbocycles. The highest BCUT2D eigenvalue weighted by atomic mass is 16.5. The summed E-state index contributed by atoms with van der Waals surface area (Å²) in [7, 11) is 5.25. The third-order valence-corrected chi connectivity index (χ3v) is 4.42. The number of nitrogens with zero attached hydrogens (tertiary/aromatic N) is 3. The SMILES string of the molecule is C=CC(=O)Nc1cc(Nc2nccc(NC(=O)c3ccccc3)n2)c(OC)cc1N(C)C. The van der Waals surface area contributed by atoms with E-state index in [4.69, 9.17) is 4.74 Å². The van der Waals surface area contributed by atoms with E-state index in [0.29, 0.717) is 28.5 Å². The summed E-state index contributed by atoms with van der Waals surface area (Å²) >= 11 is 0. The molecule has 2 amide bonds. The molecule has 0 aliphatic heterocycles. The molecule has 0 aliphatic carbocycles. The lowest BCUT2D eigenvalue weighted by atomic mass is 10.2. The zero-order valence-electron chi connectivity index (χ0n) is 18.0. The maximum absolute atomic E-state index is 12.4. The van der Waals surface area contributed by atoms with Crippen molar-refractivity contribution in [2.75, 3.05) is 42.1 Å². The Balaban J connectivity index is 1.88. The average molecular weight is 432 g/mol. The quantitative estimate of drug-likeness (QED) is 0.466. The van der Waals surface area contributed by atoms with Crippen LogP contribution in [-0.4, -0.2) is 43.0 Å². The van der Waals surface area contributed by atoms with Gasteiger partial charge in [-0.15, -0.1) is 0 Å². The fourth-order valence-corrected chi connectivity index (χ4v) is 2.88. The Labute approximate surface area is 186 Å². The van der Waals surface area contributed by atoms with Gasteiger partial charge in [-0.2, -0.15) is 4.98 Å². The van der Waals surface area contributed by atoms with Gasteiger partial charge in [-0.25, -0.2) is 4.98 Å². The van der Waals surface area contributed by atoms with Crippen LogP contribution in [0.15, 0.2) is 67.4 Å². The summed E-state index contributed by atoms with van der Waals surface area (Å²) in [6, 6.07) is 13.9. The molecular weight excluding hydrogens is 408 g/mol. The summed E-state index contributed by atoms with van der Waals surface area (Å²) in [5, 5.41) is 8.61. The number of hydrogen-bond donors (Lipinski definition) is 3. The molecule has 9 heteroatoms. The molecule has 3 rings (SSSR count). The van der Waals surface area contributed by atoms with Crippen LogP contribution in [0, 0.1) is 0 Å². The minimum Gasteiger partial charge on any atom is -0.494 e. The number of amides is 2. The number of anilines is 5. The van der Waals surface area contributed by atoms with Crippen LogP contribution >= 0.6 is 0 Å². The number of ether oxygens (including phenoxy) is 1. The zero-order valence-corrected chi connectivity index (χ0v) is 18.0. The number of benzene rings is 2. The predicted octanol–water partition coefficient (Wildman–Crippen LogP) is 3.67. The van der Waals surface area contributed by atoms with Crippen molar-refractivity contribution in [3.05, 3.63) is 72.9 Å². The van der Waals surface area contributed by atoms with Crippen LogP contribution in [0.3, 0.4) is 0 Å². The third kappa shape index (κ3) is 5.39. The summed E-state index contributed by atoms with van der Waals surface area (Å²) < 4.78 is 5.50. The smallest absolute Gasteiger partial charge is 0.256 e. The number of aromatic nitrogens is 2. The van der Waals surface area contributed by atoms with Crippen LogP contribution in [0.5, 0.6) is 5.75 Å². The van der Waals surface area contributed by atoms with Crippen LogP contribution in [0.4, 0.5) is 28.8 Å². The number of carbonyl (C=O) groups excluding carboxylic acids is 2. The first-order valence-corrected chi connectivity index (χ1v) is 9.70. The Hall–Kier alpha value is -4.40. The predicted molar refractivity (Wildman–Crippen MR) is 126 cm³/mol. The van der Waals surface area contributed by atoms with E-state index < -0.39 is 0 Å². The third-order valence-electron chi connectivity index (χ3n) is 4.42. The summed E-state index contributed by atoms with van der Waals surface area (Å²) in [6.45, 7) is 3.49. The minimum absolute atomic E-state index is 0.243. The minimum atomic E-state index is -0.342. The molecule has 0 saturated heterocycles. The molecule has 3 aromatic rings. The normalized spacial score (nSPS) is 10.1. The van der Waals surface area contributed by atoms with Crippen LogP contribution in [0.2, 0.25) is 0 Å². The molecule has 0 saturated carbocycles. The number of hydrogen-bond acceptors (Lipinski definition) is 7. The van der Waals surface area contributed by atoms with Crippen LogP contribution < -0.4 is 25.6 Å². The number of nitrogens with one attached hydrogen (secondary N) is 3. The van der Waals surface area contributed by atoms with Crippen LogP contribution in [-0.2, 0) is 4.79 Å². The summed E-state index contributed by atoms with van der Waals surface area (Å²) in [5.74, 6) is 0.476. The maximum Gasteiger partial charge on any atom is 0.256 e. The van der Waals surface area contributed by atoms with Gasteiger partial charge in [0.25, 0.3) is 5.91 Å². The molecule has 1 aromatic heterocycles. The number of rotatable bonds is 8. The fraction of sp³-hybridized carbons (Fsp3) is 0.130. The highest BCUT2D eigenvalue weighted by molar-refractivity contribution is 6.04. The lowest BCUT2D eigenvalue weighted by molar-refractivity contribution is -0.111. The van der Waals surface area contributed by atoms with Gasteiger partial charge in [0.2, 0.25) is 11.9 Å². The van der Waals surface area contributed by atoms with Crippen molar-refractivity contribution in [1.82, 2.24) is 9.97 Å². The number of carbonyl (C=O) groups is 2. The van der Waals surface area contributed by atoms with Crippen molar-refractivity contribution in [1.29, 1.82) is 0 Å². The average Bonchev–Trinajstić information content (AvgIpc) is 2.79. The van der Waals surface area contributed by atoms with E-state index in [0.717, 1.165) is 5.69 Å². The Morgan fingerprint density at radius 2 is 1.81 bits per heavy atom. The van der Waals surface area contributed by atoms with Crippen molar-refractivity contribution < 1.29 is 14.3 Å². The Bertz CT molecular complexity index is 1130. The van der Waals surface area contributed by atoms with E-state index in [1.165, 1.54) is 12.3 Å². The molecule has 0 spiro atoms. The molecule has 9 nitrogen and oxygen atoms in total. The molecule has 0 atom stereocenters. The standard InChI is InChI=1S/C23H24N6O3/c1-5-21(30)25-16-13-17(19(32-4)14-18(16)29(2)3)26-23-24-12-11-20(28-23)27-22(31)15-9-7-6-8-10-15/h5-14H,1H2,2-4H3,(H,25,30)(H2,24,26,27,28,31). The molecule has 0 fully saturated rings. The molecular formula is C23H24N6O3. The van der Waals surface area contributed by atoms with Gasteiger partial charge in [0.1, 0.15) is 11.6 Å². The summed E-state index contributed by atoms with van der Waals surface area (Å²) in [6.07, 6.45) is 2.72. The van der Waals surface area contributed by atoms with Crippen molar-refractivity contribution in [3.8, 4) is 5.75 Å². The lowest BCUT2D eigenvalue weighted by Crippen LogP contribution is -2.16. The Morgan fingerprint density at radius 1 is 1.06 bits per heavy atom. The number of methoxy groups -OCH3 is 1. The van der Waals surface area contributed by atoms with Crippen LogP contribution in [0.1, 0.15) is 10.4 Å². The van der Waals surface area contributed by atoms with E-state index >= 15 is 0 Å². The molecule has 0 radical (unpaired) electrons. The van der Waals surface area contributed by atoms with E-state index in [-0.39, 0.29) is 17.8 Å². The first-order chi connectivity index (χ1) is 15.4. The maximum atomic E-state index is 12.4. The van der Waals surface area contributed by atoms with Gasteiger partial charge in [0, 0.05) is 31.9 Å². The van der Waals surface area contributed by atoms with Gasteiger partial charge in [0.05, 0.1) is 24.2 Å².